The number of anilines is 1. The largest absolute Gasteiger partial charge is 0.333 e. The van der Waals surface area contributed by atoms with Gasteiger partial charge in [0.05, 0.1) is 17.7 Å². The number of fused-ring (bicyclic) bond motifs is 2. The first-order valence-corrected chi connectivity index (χ1v) is 9.82. The number of carbonyl (C=O) groups excluding carboxylic acids is 2. The molecule has 1 spiro atoms. The van der Waals surface area contributed by atoms with E-state index in [2.05, 4.69) is 32.9 Å². The second kappa shape index (κ2) is 6.84. The van der Waals surface area contributed by atoms with E-state index in [1.54, 1.807) is 0 Å². The second-order valence-electron chi connectivity index (χ2n) is 7.61. The van der Waals surface area contributed by atoms with Gasteiger partial charge in [0.2, 0.25) is 5.91 Å². The number of hydrogen-bond donors (Lipinski definition) is 2. The molecule has 5 rings (SSSR count). The average molecular weight is 387 g/mol. The van der Waals surface area contributed by atoms with Gasteiger partial charge in [-0.15, -0.1) is 0 Å². The molecule has 1 saturated heterocycles. The summed E-state index contributed by atoms with van der Waals surface area (Å²) >= 11 is 0. The molecular weight excluding hydrogens is 366 g/mol. The fourth-order valence-electron chi connectivity index (χ4n) is 4.85. The van der Waals surface area contributed by atoms with Gasteiger partial charge in [0, 0.05) is 12.2 Å². The Kier molecular flexibility index (Phi) is 4.16. The number of aromatic nitrogens is 3. The Morgan fingerprint density at radius 3 is 2.72 bits per heavy atom. The maximum atomic E-state index is 13.2. The minimum atomic E-state index is -0.731. The molecule has 146 valence electrons. The van der Waals surface area contributed by atoms with E-state index in [9.17, 15) is 9.59 Å². The Morgan fingerprint density at radius 2 is 1.93 bits per heavy atom. The van der Waals surface area contributed by atoms with Crippen LogP contribution in [0, 0.1) is 0 Å². The number of benzene rings is 2. The molecule has 2 N–H and O–H groups in total. The third kappa shape index (κ3) is 2.73. The van der Waals surface area contributed by atoms with Gasteiger partial charge in [0.25, 0.3) is 5.91 Å². The number of para-hydroxylation sites is 1. The summed E-state index contributed by atoms with van der Waals surface area (Å²) < 4.78 is 0. The molecule has 0 aliphatic carbocycles. The van der Waals surface area contributed by atoms with Crippen molar-refractivity contribution in [1.82, 2.24) is 20.3 Å². The number of amides is 2. The van der Waals surface area contributed by atoms with E-state index >= 15 is 0 Å². The van der Waals surface area contributed by atoms with Gasteiger partial charge < -0.3 is 10.2 Å². The van der Waals surface area contributed by atoms with E-state index in [1.807, 2.05) is 47.4 Å². The van der Waals surface area contributed by atoms with Crippen LogP contribution in [0.5, 0.6) is 0 Å². The lowest BCUT2D eigenvalue weighted by atomic mass is 9.73. The highest BCUT2D eigenvalue weighted by Crippen LogP contribution is 2.49. The molecule has 3 aromatic rings. The zero-order chi connectivity index (χ0) is 19.8. The van der Waals surface area contributed by atoms with Crippen LogP contribution in [0.1, 0.15) is 34.5 Å². The predicted octanol–water partition coefficient (Wildman–Crippen LogP) is 2.54. The van der Waals surface area contributed by atoms with Crippen LogP contribution in [0.25, 0.3) is 0 Å². The lowest BCUT2D eigenvalue weighted by Gasteiger charge is -2.34. The van der Waals surface area contributed by atoms with E-state index in [4.69, 9.17) is 0 Å². The highest BCUT2D eigenvalue weighted by atomic mass is 16.2. The number of H-pyrrole nitrogens is 1. The lowest BCUT2D eigenvalue weighted by molar-refractivity contribution is -0.121. The van der Waals surface area contributed by atoms with Gasteiger partial charge in [-0.05, 0) is 36.5 Å². The predicted molar refractivity (Wildman–Crippen MR) is 107 cm³/mol. The number of aryl methyl sites for hydroxylation is 1. The Hall–Kier alpha value is -3.48. The highest BCUT2D eigenvalue weighted by Gasteiger charge is 2.58. The molecule has 0 saturated carbocycles. The third-order valence-corrected chi connectivity index (χ3v) is 6.20. The first kappa shape index (κ1) is 17.6. The van der Waals surface area contributed by atoms with Crippen molar-refractivity contribution in [2.75, 3.05) is 11.9 Å². The molecular formula is C22H21N5O2. The number of carbonyl (C=O) groups is 2. The standard InChI is InChI=1S/C22H21N5O2/c28-20(18-14-23-26-25-18)27-13-12-22(16-8-4-5-9-17(16)24-21(22)29)19(27)11-10-15-6-2-1-3-7-15/h1-9,14,19H,10-13H2,(H,24,29)(H,23,25,26)/t19-,22-/m0/s1. The molecule has 2 aliphatic heterocycles. The minimum Gasteiger partial charge on any atom is -0.333 e. The van der Waals surface area contributed by atoms with Gasteiger partial charge in [0.1, 0.15) is 0 Å². The Morgan fingerprint density at radius 1 is 1.14 bits per heavy atom. The van der Waals surface area contributed by atoms with E-state index in [0.29, 0.717) is 19.4 Å². The third-order valence-electron chi connectivity index (χ3n) is 6.20. The van der Waals surface area contributed by atoms with Crippen molar-refractivity contribution in [1.29, 1.82) is 0 Å². The van der Waals surface area contributed by atoms with Crippen molar-refractivity contribution in [3.8, 4) is 0 Å². The molecule has 0 unspecified atom stereocenters. The molecule has 1 fully saturated rings. The second-order valence-corrected chi connectivity index (χ2v) is 7.61. The molecule has 7 nitrogen and oxygen atoms in total. The van der Waals surface area contributed by atoms with E-state index < -0.39 is 5.41 Å². The first-order chi connectivity index (χ1) is 14.2. The first-order valence-electron chi connectivity index (χ1n) is 9.82. The zero-order valence-corrected chi connectivity index (χ0v) is 15.8. The van der Waals surface area contributed by atoms with Crippen LogP contribution < -0.4 is 5.32 Å². The highest BCUT2D eigenvalue weighted by molar-refractivity contribution is 6.08. The van der Waals surface area contributed by atoms with Gasteiger partial charge >= 0.3 is 0 Å². The lowest BCUT2D eigenvalue weighted by Crippen LogP contribution is -2.49. The molecule has 0 radical (unpaired) electrons. The van der Waals surface area contributed by atoms with Crippen LogP contribution in [0.3, 0.4) is 0 Å². The molecule has 3 heterocycles. The van der Waals surface area contributed by atoms with E-state index in [-0.39, 0.29) is 23.6 Å². The molecule has 2 atom stereocenters. The smallest absolute Gasteiger partial charge is 0.276 e. The van der Waals surface area contributed by atoms with E-state index in [1.165, 1.54) is 11.8 Å². The fourth-order valence-corrected chi connectivity index (χ4v) is 4.85. The topological polar surface area (TPSA) is 91.0 Å². The Bertz CT molecular complexity index is 1050. The van der Waals surface area contributed by atoms with Crippen molar-refractivity contribution in [2.24, 2.45) is 0 Å². The fraction of sp³-hybridized carbons (Fsp3) is 0.273. The quantitative estimate of drug-likeness (QED) is 0.720. The summed E-state index contributed by atoms with van der Waals surface area (Å²) in [5.41, 5.74) is 2.56. The maximum Gasteiger partial charge on any atom is 0.276 e. The van der Waals surface area contributed by atoms with Crippen LogP contribution in [-0.4, -0.2) is 44.7 Å². The molecule has 2 amide bonds. The molecule has 1 aromatic heterocycles. The van der Waals surface area contributed by atoms with Crippen LogP contribution in [0.4, 0.5) is 5.69 Å². The zero-order valence-electron chi connectivity index (χ0n) is 15.8. The summed E-state index contributed by atoms with van der Waals surface area (Å²) in [5, 5.41) is 13.3. The number of likely N-dealkylation sites (tertiary alicyclic amines) is 1. The molecule has 7 heteroatoms. The summed E-state index contributed by atoms with van der Waals surface area (Å²) in [6.45, 7) is 0.507. The SMILES string of the molecule is O=C(c1cn[nH]n1)N1CC[C@@]2(C(=O)Nc3ccccc32)[C@@H]1CCc1ccccc1. The van der Waals surface area contributed by atoms with Gasteiger partial charge in [-0.2, -0.15) is 15.4 Å². The molecule has 29 heavy (non-hydrogen) atoms. The average Bonchev–Trinajstić information content (AvgIpc) is 3.47. The summed E-state index contributed by atoms with van der Waals surface area (Å²) in [6, 6.07) is 17.7. The number of aromatic amines is 1. The number of hydrogen-bond acceptors (Lipinski definition) is 4. The summed E-state index contributed by atoms with van der Waals surface area (Å²) in [6.07, 6.45) is 3.50. The Balaban J connectivity index is 1.54. The number of nitrogens with one attached hydrogen (secondary N) is 2. The van der Waals surface area contributed by atoms with Crippen molar-refractivity contribution in [3.63, 3.8) is 0 Å². The van der Waals surface area contributed by atoms with Gasteiger partial charge in [-0.3, -0.25) is 9.59 Å². The normalized spacial score (nSPS) is 22.7. The van der Waals surface area contributed by atoms with E-state index in [0.717, 1.165) is 17.7 Å². The summed E-state index contributed by atoms with van der Waals surface area (Å²) in [7, 11) is 0. The van der Waals surface area contributed by atoms with Crippen molar-refractivity contribution in [3.05, 3.63) is 77.6 Å². The van der Waals surface area contributed by atoms with Crippen LogP contribution in [-0.2, 0) is 16.6 Å². The number of rotatable bonds is 4. The van der Waals surface area contributed by atoms with Crippen molar-refractivity contribution < 1.29 is 9.59 Å². The Labute approximate surface area is 168 Å². The van der Waals surface area contributed by atoms with Gasteiger partial charge in [-0.25, -0.2) is 0 Å². The summed E-state index contributed by atoms with van der Waals surface area (Å²) in [4.78, 5) is 28.2. The minimum absolute atomic E-state index is 0.0211. The van der Waals surface area contributed by atoms with Crippen molar-refractivity contribution >= 4 is 17.5 Å². The van der Waals surface area contributed by atoms with Crippen LogP contribution in [0.15, 0.2) is 60.8 Å². The van der Waals surface area contributed by atoms with Gasteiger partial charge in [-0.1, -0.05) is 48.5 Å². The van der Waals surface area contributed by atoms with Crippen molar-refractivity contribution in [2.45, 2.75) is 30.7 Å². The van der Waals surface area contributed by atoms with Gasteiger partial charge in [0.15, 0.2) is 5.69 Å². The monoisotopic (exact) mass is 387 g/mol. The van der Waals surface area contributed by atoms with Crippen LogP contribution in [0.2, 0.25) is 0 Å². The molecule has 0 bridgehead atoms. The maximum absolute atomic E-state index is 13.2. The van der Waals surface area contributed by atoms with Crippen LogP contribution >= 0.6 is 0 Å². The molecule has 2 aromatic carbocycles. The number of nitrogens with zero attached hydrogens (tertiary/aromatic N) is 3. The summed E-state index contributed by atoms with van der Waals surface area (Å²) in [5.74, 6) is -0.210. The molecule has 2 aliphatic rings.